The maximum Gasteiger partial charge on any atom is 0.461 e. The van der Waals surface area contributed by atoms with E-state index in [2.05, 4.69) is 10.1 Å². The van der Waals surface area contributed by atoms with Crippen LogP contribution in [0.2, 0.25) is 0 Å². The number of alkyl halides is 4. The van der Waals surface area contributed by atoms with Gasteiger partial charge in [-0.05, 0) is 52.9 Å². The van der Waals surface area contributed by atoms with Crippen LogP contribution in [-0.2, 0) is 16.8 Å². The second kappa shape index (κ2) is 12.7. The van der Waals surface area contributed by atoms with Gasteiger partial charge in [0, 0.05) is 12.0 Å². The number of carboxylic acid groups (broad SMARTS) is 1. The third kappa shape index (κ3) is 6.94. The molecule has 0 saturated carbocycles. The van der Waals surface area contributed by atoms with E-state index in [1.807, 2.05) is 0 Å². The lowest BCUT2D eigenvalue weighted by Crippen LogP contribution is -2.55. The molecular formula is C32H27F6NO3. The van der Waals surface area contributed by atoms with Crippen LogP contribution in [0.3, 0.4) is 0 Å². The third-order valence-corrected chi connectivity index (χ3v) is 7.01. The molecule has 0 bridgehead atoms. The fourth-order valence-electron chi connectivity index (χ4n) is 4.91. The molecule has 4 aromatic rings. The summed E-state index contributed by atoms with van der Waals surface area (Å²) < 4.78 is 87.0. The molecule has 42 heavy (non-hydrogen) atoms. The fraction of sp³-hybridized carbons (Fsp3) is 0.219. The first-order valence-electron chi connectivity index (χ1n) is 12.9. The summed E-state index contributed by atoms with van der Waals surface area (Å²) in [5.41, 5.74) is -0.275. The van der Waals surface area contributed by atoms with Gasteiger partial charge in [0.25, 0.3) is 0 Å². The molecule has 0 aromatic heterocycles. The highest BCUT2D eigenvalue weighted by Gasteiger charge is 2.45. The van der Waals surface area contributed by atoms with Gasteiger partial charge in [-0.1, -0.05) is 79.7 Å². The number of hydrogen-bond donors (Lipinski definition) is 2. The summed E-state index contributed by atoms with van der Waals surface area (Å²) in [5.74, 6) is -4.56. The molecule has 2 unspecified atom stereocenters. The molecule has 0 fully saturated rings. The van der Waals surface area contributed by atoms with Crippen molar-refractivity contribution >= 4 is 5.97 Å². The van der Waals surface area contributed by atoms with Crippen molar-refractivity contribution < 1.29 is 41.0 Å². The van der Waals surface area contributed by atoms with E-state index < -0.39 is 53.4 Å². The van der Waals surface area contributed by atoms with E-state index in [-0.39, 0.29) is 17.5 Å². The number of carboxylic acids is 1. The fourth-order valence-corrected chi connectivity index (χ4v) is 4.91. The molecule has 0 heterocycles. The molecular weight excluding hydrogens is 560 g/mol. The number of aliphatic carboxylic acids is 1. The first-order valence-corrected chi connectivity index (χ1v) is 12.9. The number of hydrogen-bond acceptors (Lipinski definition) is 3. The van der Waals surface area contributed by atoms with Gasteiger partial charge in [0.05, 0.1) is 5.54 Å². The van der Waals surface area contributed by atoms with Crippen molar-refractivity contribution in [3.63, 3.8) is 0 Å². The van der Waals surface area contributed by atoms with E-state index in [4.69, 9.17) is 0 Å². The molecule has 0 saturated heterocycles. The van der Waals surface area contributed by atoms with Crippen LogP contribution >= 0.6 is 0 Å². The summed E-state index contributed by atoms with van der Waals surface area (Å²) in [5, 5.41) is 13.5. The largest absolute Gasteiger partial charge is 0.480 e. The van der Waals surface area contributed by atoms with Crippen LogP contribution < -0.4 is 10.1 Å². The van der Waals surface area contributed by atoms with Crippen molar-refractivity contribution in [3.05, 3.63) is 137 Å². The van der Waals surface area contributed by atoms with E-state index in [0.29, 0.717) is 17.2 Å². The van der Waals surface area contributed by atoms with Gasteiger partial charge in [-0.15, -0.1) is 0 Å². The summed E-state index contributed by atoms with van der Waals surface area (Å²) in [4.78, 5) is 12.8. The van der Waals surface area contributed by atoms with E-state index in [1.165, 1.54) is 12.1 Å². The Morgan fingerprint density at radius 1 is 0.833 bits per heavy atom. The average molecular weight is 588 g/mol. The van der Waals surface area contributed by atoms with Crippen LogP contribution in [0.5, 0.6) is 5.75 Å². The quantitative estimate of drug-likeness (QED) is 0.168. The number of nitrogens with one attached hydrogen (secondary N) is 1. The second-order valence-electron chi connectivity index (χ2n) is 9.87. The van der Waals surface area contributed by atoms with E-state index in [9.17, 15) is 31.9 Å². The minimum absolute atomic E-state index is 0.0705. The SMILES string of the molecule is CC(c1ccccc1)C(N[C@](Cc1ccccc1)(c1ccc(F)cc1)c1cc(F)cc(OC(F)(F)C(F)F)c1)C(=O)O. The molecule has 4 nitrogen and oxygen atoms in total. The lowest BCUT2D eigenvalue weighted by Gasteiger charge is -2.40. The molecule has 0 aliphatic carbocycles. The van der Waals surface area contributed by atoms with Crippen LogP contribution in [0.25, 0.3) is 0 Å². The zero-order chi connectivity index (χ0) is 30.5. The monoisotopic (exact) mass is 587 g/mol. The zero-order valence-corrected chi connectivity index (χ0v) is 22.3. The van der Waals surface area contributed by atoms with Crippen molar-refractivity contribution in [1.29, 1.82) is 0 Å². The smallest absolute Gasteiger partial charge is 0.461 e. The Kier molecular flexibility index (Phi) is 9.26. The molecule has 0 radical (unpaired) electrons. The highest BCUT2D eigenvalue weighted by molar-refractivity contribution is 5.75. The normalized spacial score (nSPS) is 14.7. The van der Waals surface area contributed by atoms with Crippen molar-refractivity contribution in [2.75, 3.05) is 0 Å². The van der Waals surface area contributed by atoms with E-state index >= 15 is 4.39 Å². The summed E-state index contributed by atoms with van der Waals surface area (Å²) >= 11 is 0. The Hall–Kier alpha value is -4.31. The van der Waals surface area contributed by atoms with E-state index in [0.717, 1.165) is 24.3 Å². The predicted octanol–water partition coefficient (Wildman–Crippen LogP) is 7.53. The number of carbonyl (C=O) groups is 1. The molecule has 220 valence electrons. The van der Waals surface area contributed by atoms with Gasteiger partial charge in [0.2, 0.25) is 0 Å². The lowest BCUT2D eigenvalue weighted by molar-refractivity contribution is -0.253. The third-order valence-electron chi connectivity index (χ3n) is 7.01. The Morgan fingerprint density at radius 3 is 2.00 bits per heavy atom. The maximum absolute atomic E-state index is 15.1. The minimum atomic E-state index is -4.93. The molecule has 4 aromatic carbocycles. The van der Waals surface area contributed by atoms with Gasteiger partial charge in [0.1, 0.15) is 23.4 Å². The first-order chi connectivity index (χ1) is 19.9. The topological polar surface area (TPSA) is 58.6 Å². The first kappa shape index (κ1) is 30.6. The molecule has 0 aliphatic heterocycles. The van der Waals surface area contributed by atoms with Gasteiger partial charge < -0.3 is 9.84 Å². The summed E-state index contributed by atoms with van der Waals surface area (Å²) in [6, 6.07) is 23.4. The van der Waals surface area contributed by atoms with Crippen LogP contribution in [0.4, 0.5) is 26.3 Å². The Morgan fingerprint density at radius 2 is 1.43 bits per heavy atom. The Balaban J connectivity index is 1.97. The number of halogens is 6. The van der Waals surface area contributed by atoms with Crippen molar-refractivity contribution in [2.45, 2.75) is 43.4 Å². The standard InChI is InChI=1S/C32H27F6NO3/c1-20(22-10-6-3-7-11-22)28(29(40)41)39-31(19-21-8-4-2-5-9-21,23-12-14-25(33)15-13-23)24-16-26(34)18-27(17-24)42-32(37,38)30(35)36/h2-18,20,28,30,39H,19H2,1H3,(H,40,41)/t20?,28?,31-/m1/s1. The van der Waals surface area contributed by atoms with Crippen LogP contribution in [0.15, 0.2) is 103 Å². The molecule has 2 N–H and O–H groups in total. The molecule has 10 heteroatoms. The van der Waals surface area contributed by atoms with Crippen LogP contribution in [0, 0.1) is 11.6 Å². The summed E-state index contributed by atoms with van der Waals surface area (Å²) in [6.45, 7) is 1.67. The van der Waals surface area contributed by atoms with Gasteiger partial charge in [0.15, 0.2) is 0 Å². The zero-order valence-electron chi connectivity index (χ0n) is 22.3. The minimum Gasteiger partial charge on any atom is -0.480 e. The molecule has 0 aliphatic rings. The lowest BCUT2D eigenvalue weighted by atomic mass is 9.76. The average Bonchev–Trinajstić information content (AvgIpc) is 2.95. The summed E-state index contributed by atoms with van der Waals surface area (Å²) in [7, 11) is 0. The van der Waals surface area contributed by atoms with Crippen molar-refractivity contribution in [2.24, 2.45) is 0 Å². The van der Waals surface area contributed by atoms with Gasteiger partial charge in [-0.2, -0.15) is 17.6 Å². The Bertz CT molecular complexity index is 1490. The molecule has 0 amide bonds. The van der Waals surface area contributed by atoms with Crippen molar-refractivity contribution in [3.8, 4) is 5.75 Å². The number of ether oxygens (including phenoxy) is 1. The predicted molar refractivity (Wildman–Crippen MR) is 145 cm³/mol. The number of benzene rings is 4. The van der Waals surface area contributed by atoms with E-state index in [1.54, 1.807) is 67.6 Å². The Labute approximate surface area is 238 Å². The molecule has 4 rings (SSSR count). The van der Waals surface area contributed by atoms with Crippen LogP contribution in [0.1, 0.15) is 35.1 Å². The van der Waals surface area contributed by atoms with Gasteiger partial charge in [-0.25, -0.2) is 8.78 Å². The van der Waals surface area contributed by atoms with Crippen molar-refractivity contribution in [1.82, 2.24) is 5.32 Å². The highest BCUT2D eigenvalue weighted by atomic mass is 19.3. The van der Waals surface area contributed by atoms with Gasteiger partial charge >= 0.3 is 18.5 Å². The number of rotatable bonds is 12. The maximum atomic E-state index is 15.1. The van der Waals surface area contributed by atoms with Gasteiger partial charge in [-0.3, -0.25) is 10.1 Å². The van der Waals surface area contributed by atoms with Crippen LogP contribution in [-0.4, -0.2) is 29.7 Å². The molecule has 3 atom stereocenters. The second-order valence-corrected chi connectivity index (χ2v) is 9.87. The summed E-state index contributed by atoms with van der Waals surface area (Å²) in [6.07, 6.45) is -9.20. The molecule has 0 spiro atoms. The highest BCUT2D eigenvalue weighted by Crippen LogP contribution is 2.39.